The molecule has 0 bridgehead atoms. The molecule has 21 heavy (non-hydrogen) atoms. The zero-order valence-corrected chi connectivity index (χ0v) is 11.8. The quantitative estimate of drug-likeness (QED) is 0.681. The minimum absolute atomic E-state index is 0.109. The monoisotopic (exact) mass is 289 g/mol. The van der Waals surface area contributed by atoms with Crippen LogP contribution in [0.5, 0.6) is 0 Å². The molecule has 2 aliphatic heterocycles. The third-order valence-electron chi connectivity index (χ3n) is 4.52. The van der Waals surface area contributed by atoms with Crippen LogP contribution in [-0.4, -0.2) is 40.9 Å². The molecule has 0 spiro atoms. The zero-order valence-electron chi connectivity index (χ0n) is 11.8. The Morgan fingerprint density at radius 1 is 1.24 bits per heavy atom. The van der Waals surface area contributed by atoms with E-state index >= 15 is 0 Å². The molecule has 0 unspecified atom stereocenters. The molecule has 1 aromatic rings. The van der Waals surface area contributed by atoms with E-state index in [0.717, 1.165) is 25.9 Å². The van der Waals surface area contributed by atoms with Crippen LogP contribution < -0.4 is 5.32 Å². The lowest BCUT2D eigenvalue weighted by Gasteiger charge is -2.32. The Morgan fingerprint density at radius 2 is 2.05 bits per heavy atom. The Morgan fingerprint density at radius 3 is 2.86 bits per heavy atom. The molecule has 0 aromatic heterocycles. The fourth-order valence-electron chi connectivity index (χ4n) is 3.49. The standard InChI is InChI=1S/C15H19N3O3/c19-15(11-5-1-2-6-13(11)18(20)21)16-12-8-10-17-9-4-3-7-14(12)17/h1-2,5-6,12,14H,3-4,7-10H2,(H,16,19)/t12-,14+/m0/s1. The normalized spacial score (nSPS) is 25.3. The Labute approximate surface area is 123 Å². The summed E-state index contributed by atoms with van der Waals surface area (Å²) in [5.74, 6) is -0.334. The van der Waals surface area contributed by atoms with Gasteiger partial charge in [0.2, 0.25) is 0 Å². The summed E-state index contributed by atoms with van der Waals surface area (Å²) in [4.78, 5) is 25.3. The Balaban J connectivity index is 1.73. The summed E-state index contributed by atoms with van der Waals surface area (Å²) in [5.41, 5.74) is 0.0188. The molecule has 1 amide bonds. The van der Waals surface area contributed by atoms with Gasteiger partial charge in [0.05, 0.1) is 4.92 Å². The smallest absolute Gasteiger partial charge is 0.282 e. The number of hydrogen-bond donors (Lipinski definition) is 1. The number of nitro groups is 1. The number of nitrogens with zero attached hydrogens (tertiary/aromatic N) is 2. The maximum Gasteiger partial charge on any atom is 0.282 e. The molecule has 2 aliphatic rings. The number of benzene rings is 1. The Hall–Kier alpha value is -1.95. The first-order chi connectivity index (χ1) is 10.2. The minimum Gasteiger partial charge on any atom is -0.347 e. The van der Waals surface area contributed by atoms with Crippen molar-refractivity contribution in [3.63, 3.8) is 0 Å². The van der Waals surface area contributed by atoms with Gasteiger partial charge in [0, 0.05) is 24.7 Å². The van der Waals surface area contributed by atoms with Crippen molar-refractivity contribution in [3.8, 4) is 0 Å². The molecule has 3 rings (SSSR count). The highest BCUT2D eigenvalue weighted by Gasteiger charge is 2.36. The molecular formula is C15H19N3O3. The summed E-state index contributed by atoms with van der Waals surface area (Å²) in [7, 11) is 0. The molecular weight excluding hydrogens is 270 g/mol. The van der Waals surface area contributed by atoms with Crippen LogP contribution in [0.15, 0.2) is 24.3 Å². The van der Waals surface area contributed by atoms with Crippen molar-refractivity contribution < 1.29 is 9.72 Å². The highest BCUT2D eigenvalue weighted by molar-refractivity contribution is 5.98. The number of para-hydroxylation sites is 1. The minimum atomic E-state index is -0.503. The van der Waals surface area contributed by atoms with E-state index in [0.29, 0.717) is 6.04 Å². The van der Waals surface area contributed by atoms with E-state index in [1.807, 2.05) is 0 Å². The van der Waals surface area contributed by atoms with Gasteiger partial charge in [-0.25, -0.2) is 0 Å². The topological polar surface area (TPSA) is 75.5 Å². The summed E-state index contributed by atoms with van der Waals surface area (Å²) >= 11 is 0. The van der Waals surface area contributed by atoms with Crippen LogP contribution in [0.25, 0.3) is 0 Å². The fourth-order valence-corrected chi connectivity index (χ4v) is 3.49. The number of hydrogen-bond acceptors (Lipinski definition) is 4. The van der Waals surface area contributed by atoms with Crippen molar-refractivity contribution in [3.05, 3.63) is 39.9 Å². The summed E-state index contributed by atoms with van der Waals surface area (Å²) in [5, 5.41) is 14.0. The molecule has 1 N–H and O–H groups in total. The molecule has 0 radical (unpaired) electrons. The number of carbonyl (C=O) groups is 1. The van der Waals surface area contributed by atoms with E-state index < -0.39 is 4.92 Å². The number of rotatable bonds is 3. The lowest BCUT2D eigenvalue weighted by atomic mass is 9.98. The van der Waals surface area contributed by atoms with Crippen molar-refractivity contribution >= 4 is 11.6 Å². The molecule has 6 nitrogen and oxygen atoms in total. The van der Waals surface area contributed by atoms with Gasteiger partial charge in [0.15, 0.2) is 0 Å². The van der Waals surface area contributed by atoms with E-state index in [1.165, 1.54) is 25.0 Å². The van der Waals surface area contributed by atoms with E-state index in [1.54, 1.807) is 12.1 Å². The molecule has 112 valence electrons. The molecule has 6 heteroatoms. The number of nitro benzene ring substituents is 1. The van der Waals surface area contributed by atoms with Crippen LogP contribution in [0.1, 0.15) is 36.0 Å². The lowest BCUT2D eigenvalue weighted by Crippen LogP contribution is -2.46. The Kier molecular flexibility index (Phi) is 3.88. The maximum atomic E-state index is 12.4. The number of carbonyl (C=O) groups excluding carboxylic acids is 1. The molecule has 0 saturated carbocycles. The van der Waals surface area contributed by atoms with E-state index in [2.05, 4.69) is 10.2 Å². The molecule has 1 aromatic carbocycles. The zero-order chi connectivity index (χ0) is 14.8. The van der Waals surface area contributed by atoms with Gasteiger partial charge < -0.3 is 5.32 Å². The van der Waals surface area contributed by atoms with Crippen molar-refractivity contribution in [1.29, 1.82) is 0 Å². The summed E-state index contributed by atoms with van der Waals surface area (Å²) in [6.07, 6.45) is 4.44. The van der Waals surface area contributed by atoms with Crippen molar-refractivity contribution in [1.82, 2.24) is 10.2 Å². The average molecular weight is 289 g/mol. The van der Waals surface area contributed by atoms with Crippen molar-refractivity contribution in [2.75, 3.05) is 13.1 Å². The van der Waals surface area contributed by atoms with Crippen molar-refractivity contribution in [2.24, 2.45) is 0 Å². The van der Waals surface area contributed by atoms with Crippen LogP contribution in [-0.2, 0) is 0 Å². The molecule has 2 fully saturated rings. The van der Waals surface area contributed by atoms with Gasteiger partial charge in [-0.3, -0.25) is 19.8 Å². The van der Waals surface area contributed by atoms with Crippen LogP contribution in [0.3, 0.4) is 0 Å². The molecule has 0 aliphatic carbocycles. The molecule has 2 heterocycles. The number of fused-ring (bicyclic) bond motifs is 1. The lowest BCUT2D eigenvalue weighted by molar-refractivity contribution is -0.385. The number of nitrogens with one attached hydrogen (secondary N) is 1. The van der Waals surface area contributed by atoms with Gasteiger partial charge in [0.25, 0.3) is 11.6 Å². The SMILES string of the molecule is O=C(N[C@H]1CCN2CCCC[C@H]12)c1ccccc1[N+](=O)[O-]. The van der Waals surface area contributed by atoms with Gasteiger partial charge in [0.1, 0.15) is 5.56 Å². The van der Waals surface area contributed by atoms with E-state index in [9.17, 15) is 14.9 Å². The van der Waals surface area contributed by atoms with Crippen LogP contribution >= 0.6 is 0 Å². The highest BCUT2D eigenvalue weighted by Crippen LogP contribution is 2.27. The number of piperidine rings is 1. The molecule has 2 saturated heterocycles. The van der Waals surface area contributed by atoms with Crippen LogP contribution in [0.2, 0.25) is 0 Å². The number of amides is 1. The fraction of sp³-hybridized carbons (Fsp3) is 0.533. The maximum absolute atomic E-state index is 12.4. The van der Waals surface area contributed by atoms with Gasteiger partial charge in [-0.05, 0) is 31.9 Å². The van der Waals surface area contributed by atoms with Gasteiger partial charge in [-0.15, -0.1) is 0 Å². The van der Waals surface area contributed by atoms with Gasteiger partial charge in [-0.1, -0.05) is 18.6 Å². The van der Waals surface area contributed by atoms with E-state index in [4.69, 9.17) is 0 Å². The summed E-state index contributed by atoms with van der Waals surface area (Å²) in [6, 6.07) is 6.62. The third-order valence-corrected chi connectivity index (χ3v) is 4.52. The van der Waals surface area contributed by atoms with Crippen molar-refractivity contribution in [2.45, 2.75) is 37.8 Å². The van der Waals surface area contributed by atoms with Crippen LogP contribution in [0.4, 0.5) is 5.69 Å². The first-order valence-corrected chi connectivity index (χ1v) is 7.45. The van der Waals surface area contributed by atoms with Gasteiger partial charge >= 0.3 is 0 Å². The second-order valence-corrected chi connectivity index (χ2v) is 5.74. The predicted octanol–water partition coefficient (Wildman–Crippen LogP) is 1.95. The van der Waals surface area contributed by atoms with Gasteiger partial charge in [-0.2, -0.15) is 0 Å². The second kappa shape index (κ2) is 5.81. The summed E-state index contributed by atoms with van der Waals surface area (Å²) < 4.78 is 0. The first-order valence-electron chi connectivity index (χ1n) is 7.45. The van der Waals surface area contributed by atoms with E-state index in [-0.39, 0.29) is 23.2 Å². The second-order valence-electron chi connectivity index (χ2n) is 5.74. The Bertz CT molecular complexity index is 561. The third kappa shape index (κ3) is 2.76. The largest absolute Gasteiger partial charge is 0.347 e. The van der Waals surface area contributed by atoms with Crippen LogP contribution in [0, 0.1) is 10.1 Å². The average Bonchev–Trinajstić information content (AvgIpc) is 2.90. The molecule has 2 atom stereocenters. The highest BCUT2D eigenvalue weighted by atomic mass is 16.6. The predicted molar refractivity (Wildman–Crippen MR) is 78.2 cm³/mol. The summed E-state index contributed by atoms with van der Waals surface area (Å²) in [6.45, 7) is 2.11. The first kappa shape index (κ1) is 14.0.